The van der Waals surface area contributed by atoms with Crippen molar-refractivity contribution in [1.82, 2.24) is 10.6 Å². The zero-order valence-corrected chi connectivity index (χ0v) is 7.34. The van der Waals surface area contributed by atoms with E-state index in [9.17, 15) is 0 Å². The third-order valence-electron chi connectivity index (χ3n) is 2.88. The van der Waals surface area contributed by atoms with Crippen LogP contribution < -0.4 is 16.4 Å². The van der Waals surface area contributed by atoms with Gasteiger partial charge >= 0.3 is 0 Å². The molecular weight excluding hydrogens is 150 g/mol. The Labute approximate surface area is 73.4 Å². The molecule has 1 aliphatic carbocycles. The Hall–Kier alpha value is -0.700. The van der Waals surface area contributed by atoms with Crippen molar-refractivity contribution in [2.24, 2.45) is 11.7 Å². The van der Waals surface area contributed by atoms with Gasteiger partial charge in [-0.2, -0.15) is 0 Å². The summed E-state index contributed by atoms with van der Waals surface area (Å²) >= 11 is 0. The number of hydrogen-bond acceptors (Lipinski definition) is 3. The van der Waals surface area contributed by atoms with Gasteiger partial charge in [-0.1, -0.05) is 0 Å². The van der Waals surface area contributed by atoms with Crippen molar-refractivity contribution in [2.45, 2.75) is 25.3 Å². The van der Waals surface area contributed by atoms with E-state index in [1.54, 1.807) is 6.20 Å². The normalized spacial score (nSPS) is 26.2. The van der Waals surface area contributed by atoms with Gasteiger partial charge in [0.25, 0.3) is 0 Å². The van der Waals surface area contributed by atoms with Gasteiger partial charge < -0.3 is 16.4 Å². The van der Waals surface area contributed by atoms with Crippen LogP contribution in [-0.4, -0.2) is 19.1 Å². The lowest BCUT2D eigenvalue weighted by Crippen LogP contribution is -2.48. The fraction of sp³-hybridized carbons (Fsp3) is 0.778. The molecule has 4 N–H and O–H groups in total. The molecule has 0 atom stereocenters. The summed E-state index contributed by atoms with van der Waals surface area (Å²) in [6.45, 7) is 2.17. The topological polar surface area (TPSA) is 50.1 Å². The monoisotopic (exact) mass is 167 g/mol. The molecule has 2 aliphatic rings. The zero-order chi connectivity index (χ0) is 8.39. The molecule has 0 unspecified atom stereocenters. The molecule has 1 saturated carbocycles. The number of nitrogens with one attached hydrogen (secondary N) is 2. The summed E-state index contributed by atoms with van der Waals surface area (Å²) in [4.78, 5) is 0. The third kappa shape index (κ3) is 1.41. The fourth-order valence-corrected chi connectivity index (χ4v) is 1.60. The van der Waals surface area contributed by atoms with Gasteiger partial charge in [0, 0.05) is 36.9 Å². The smallest absolute Gasteiger partial charge is 0.0323 e. The van der Waals surface area contributed by atoms with Crippen molar-refractivity contribution in [3.8, 4) is 0 Å². The van der Waals surface area contributed by atoms with Crippen LogP contribution in [0.3, 0.4) is 0 Å². The van der Waals surface area contributed by atoms with Gasteiger partial charge in [-0.25, -0.2) is 0 Å². The molecule has 0 aromatic carbocycles. The van der Waals surface area contributed by atoms with E-state index in [0.29, 0.717) is 12.0 Å². The van der Waals surface area contributed by atoms with E-state index in [1.807, 2.05) is 0 Å². The van der Waals surface area contributed by atoms with Crippen molar-refractivity contribution in [1.29, 1.82) is 0 Å². The first-order chi connectivity index (χ1) is 5.90. The van der Waals surface area contributed by atoms with Gasteiger partial charge in [0.1, 0.15) is 0 Å². The van der Waals surface area contributed by atoms with Gasteiger partial charge in [0.2, 0.25) is 0 Å². The molecule has 3 nitrogen and oxygen atoms in total. The van der Waals surface area contributed by atoms with Crippen LogP contribution in [0.1, 0.15) is 19.3 Å². The first kappa shape index (κ1) is 7.92. The average Bonchev–Trinajstić information content (AvgIpc) is 1.89. The molecular formula is C9H17N3. The minimum absolute atomic E-state index is 0.649. The molecule has 0 amide bonds. The zero-order valence-electron chi connectivity index (χ0n) is 7.34. The molecule has 1 aliphatic heterocycles. The van der Waals surface area contributed by atoms with Gasteiger partial charge in [-0.15, -0.1) is 0 Å². The van der Waals surface area contributed by atoms with Crippen LogP contribution in [0, 0.1) is 5.92 Å². The number of nitrogens with two attached hydrogens (primary N) is 1. The molecule has 2 fully saturated rings. The maximum atomic E-state index is 5.56. The Balaban J connectivity index is 1.81. The maximum Gasteiger partial charge on any atom is 0.0323 e. The van der Waals surface area contributed by atoms with Gasteiger partial charge in [-0.3, -0.25) is 0 Å². The van der Waals surface area contributed by atoms with Gasteiger partial charge in [-0.05, 0) is 19.3 Å². The fourth-order valence-electron chi connectivity index (χ4n) is 1.60. The average molecular weight is 167 g/mol. The van der Waals surface area contributed by atoms with Gasteiger partial charge in [0.05, 0.1) is 0 Å². The Morgan fingerprint density at radius 3 is 2.50 bits per heavy atom. The summed E-state index contributed by atoms with van der Waals surface area (Å²) in [5, 5.41) is 6.75. The van der Waals surface area contributed by atoms with E-state index in [1.165, 1.54) is 25.0 Å². The quantitative estimate of drug-likeness (QED) is 0.561. The molecule has 1 saturated heterocycles. The van der Waals surface area contributed by atoms with Crippen molar-refractivity contribution < 1.29 is 0 Å². The molecule has 0 aromatic rings. The van der Waals surface area contributed by atoms with E-state index >= 15 is 0 Å². The molecule has 0 spiro atoms. The van der Waals surface area contributed by atoms with Crippen LogP contribution in [0.25, 0.3) is 0 Å². The highest BCUT2D eigenvalue weighted by Gasteiger charge is 2.25. The van der Waals surface area contributed by atoms with E-state index in [-0.39, 0.29) is 0 Å². The van der Waals surface area contributed by atoms with Crippen LogP contribution in [0.2, 0.25) is 0 Å². The Kier molecular flexibility index (Phi) is 2.21. The van der Waals surface area contributed by atoms with Crippen molar-refractivity contribution in [2.75, 3.05) is 13.1 Å². The second kappa shape index (κ2) is 3.35. The SMILES string of the molecule is N/C=C(\NC1CCC1)C1CNC1. The molecule has 3 heteroatoms. The lowest BCUT2D eigenvalue weighted by atomic mass is 9.91. The highest BCUT2D eigenvalue weighted by atomic mass is 15.0. The number of hydrogen-bond donors (Lipinski definition) is 3. The summed E-state index contributed by atoms with van der Waals surface area (Å²) < 4.78 is 0. The minimum atomic E-state index is 0.649. The predicted molar refractivity (Wildman–Crippen MR) is 49.4 cm³/mol. The second-order valence-corrected chi connectivity index (χ2v) is 3.75. The third-order valence-corrected chi connectivity index (χ3v) is 2.88. The molecule has 68 valence electrons. The highest BCUT2D eigenvalue weighted by Crippen LogP contribution is 2.22. The van der Waals surface area contributed by atoms with E-state index in [2.05, 4.69) is 10.6 Å². The predicted octanol–water partition coefficient (Wildman–Crippen LogP) is 0.148. The summed E-state index contributed by atoms with van der Waals surface area (Å²) in [7, 11) is 0. The van der Waals surface area contributed by atoms with Crippen molar-refractivity contribution in [3.63, 3.8) is 0 Å². The molecule has 1 heterocycles. The maximum absolute atomic E-state index is 5.56. The lowest BCUT2D eigenvalue weighted by Gasteiger charge is -2.35. The Bertz CT molecular complexity index is 180. The first-order valence-electron chi connectivity index (χ1n) is 4.79. The second-order valence-electron chi connectivity index (χ2n) is 3.75. The van der Waals surface area contributed by atoms with Crippen molar-refractivity contribution in [3.05, 3.63) is 11.9 Å². The van der Waals surface area contributed by atoms with E-state index < -0.39 is 0 Å². The number of rotatable bonds is 3. The summed E-state index contributed by atoms with van der Waals surface area (Å²) in [6, 6.07) is 0.709. The molecule has 12 heavy (non-hydrogen) atoms. The minimum Gasteiger partial charge on any atom is -0.403 e. The van der Waals surface area contributed by atoms with Crippen molar-refractivity contribution >= 4 is 0 Å². The van der Waals surface area contributed by atoms with E-state index in [0.717, 1.165) is 13.1 Å². The van der Waals surface area contributed by atoms with E-state index in [4.69, 9.17) is 5.73 Å². The molecule has 0 radical (unpaired) electrons. The summed E-state index contributed by atoms with van der Waals surface area (Å²) in [6.07, 6.45) is 5.75. The van der Waals surface area contributed by atoms with Crippen LogP contribution >= 0.6 is 0 Å². The first-order valence-corrected chi connectivity index (χ1v) is 4.79. The van der Waals surface area contributed by atoms with Crippen LogP contribution in [0.5, 0.6) is 0 Å². The summed E-state index contributed by atoms with van der Waals surface area (Å²) in [5.74, 6) is 0.649. The Morgan fingerprint density at radius 1 is 1.42 bits per heavy atom. The van der Waals surface area contributed by atoms with Gasteiger partial charge in [0.15, 0.2) is 0 Å². The standard InChI is InChI=1S/C9H17N3/c10-4-9(7-5-11-6-7)12-8-2-1-3-8/h4,7-8,11-12H,1-3,5-6,10H2/b9-4-. The van der Waals surface area contributed by atoms with Crippen LogP contribution in [-0.2, 0) is 0 Å². The van der Waals surface area contributed by atoms with Crippen LogP contribution in [0.15, 0.2) is 11.9 Å². The molecule has 2 rings (SSSR count). The molecule has 0 aromatic heterocycles. The Morgan fingerprint density at radius 2 is 2.17 bits per heavy atom. The molecule has 0 bridgehead atoms. The lowest BCUT2D eigenvalue weighted by molar-refractivity contribution is 0.316. The largest absolute Gasteiger partial charge is 0.403 e. The highest BCUT2D eigenvalue weighted by molar-refractivity contribution is 5.09. The summed E-state index contributed by atoms with van der Waals surface area (Å²) in [5.41, 5.74) is 6.81. The van der Waals surface area contributed by atoms with Crippen LogP contribution in [0.4, 0.5) is 0 Å².